The summed E-state index contributed by atoms with van der Waals surface area (Å²) in [6.45, 7) is 1.02. The Morgan fingerprint density at radius 2 is 1.93 bits per heavy atom. The summed E-state index contributed by atoms with van der Waals surface area (Å²) < 4.78 is 4.88. The van der Waals surface area contributed by atoms with Crippen molar-refractivity contribution in [2.24, 2.45) is 5.73 Å². The van der Waals surface area contributed by atoms with E-state index in [1.54, 1.807) is 30.3 Å². The molecule has 12 heteroatoms. The Balaban J connectivity index is 0.00000225. The van der Waals surface area contributed by atoms with Crippen LogP contribution >= 0.6 is 11.8 Å². The fourth-order valence-electron chi connectivity index (χ4n) is 3.04. The maximum atomic E-state index is 12.5. The molecule has 164 valence electrons. The van der Waals surface area contributed by atoms with Crippen molar-refractivity contribution >= 4 is 35.5 Å². The van der Waals surface area contributed by atoms with Crippen molar-refractivity contribution in [1.82, 2.24) is 10.2 Å². The van der Waals surface area contributed by atoms with Crippen LogP contribution in [0.4, 0.5) is 0 Å². The number of β-lactam (4-membered cyclic amide) rings is 1. The van der Waals surface area contributed by atoms with Crippen molar-refractivity contribution < 1.29 is 40.0 Å². The second kappa shape index (κ2) is 10.2. The molecule has 1 fully saturated rings. The van der Waals surface area contributed by atoms with Gasteiger partial charge in [0.1, 0.15) is 29.8 Å². The van der Waals surface area contributed by atoms with E-state index in [0.29, 0.717) is 11.1 Å². The molecule has 1 aromatic rings. The smallest absolute Gasteiger partial charge is 0.352 e. The zero-order valence-electron chi connectivity index (χ0n) is 16.0. The zero-order valence-corrected chi connectivity index (χ0v) is 16.8. The molecule has 1 saturated heterocycles. The maximum Gasteiger partial charge on any atom is 0.352 e. The summed E-state index contributed by atoms with van der Waals surface area (Å²) in [4.78, 5) is 48.7. The SMILES string of the molecule is CC(=O)OCC1=C(C(=O)O)N2C(=O)C(NC(=O)C(N)c3ccccc3)[C@@H]2SC1.O.O. The number of fused-ring (bicyclic) bond motifs is 1. The highest BCUT2D eigenvalue weighted by Gasteiger charge is 2.54. The van der Waals surface area contributed by atoms with E-state index in [1.807, 2.05) is 0 Å². The highest BCUT2D eigenvalue weighted by atomic mass is 32.2. The molecule has 0 aromatic heterocycles. The largest absolute Gasteiger partial charge is 0.477 e. The molecule has 3 atom stereocenters. The molecule has 0 bridgehead atoms. The van der Waals surface area contributed by atoms with Crippen LogP contribution in [0, 0.1) is 0 Å². The monoisotopic (exact) mass is 441 g/mol. The van der Waals surface area contributed by atoms with Crippen LogP contribution in [0.2, 0.25) is 0 Å². The lowest BCUT2D eigenvalue weighted by Gasteiger charge is -2.49. The first-order valence-corrected chi connectivity index (χ1v) is 9.50. The first-order valence-electron chi connectivity index (χ1n) is 8.45. The third-order valence-electron chi connectivity index (χ3n) is 4.44. The van der Waals surface area contributed by atoms with Gasteiger partial charge >= 0.3 is 11.9 Å². The Kier molecular flexibility index (Phi) is 8.54. The van der Waals surface area contributed by atoms with Crippen molar-refractivity contribution in [3.63, 3.8) is 0 Å². The number of hydrogen-bond donors (Lipinski definition) is 3. The highest BCUT2D eigenvalue weighted by Crippen LogP contribution is 2.40. The third kappa shape index (κ3) is 4.79. The lowest BCUT2D eigenvalue weighted by Crippen LogP contribution is -2.71. The van der Waals surface area contributed by atoms with E-state index in [4.69, 9.17) is 10.5 Å². The number of benzene rings is 1. The number of hydrogen-bond acceptors (Lipinski definition) is 7. The Labute approximate surface area is 175 Å². The molecule has 30 heavy (non-hydrogen) atoms. The summed E-state index contributed by atoms with van der Waals surface area (Å²) in [5.74, 6) is -2.62. The summed E-state index contributed by atoms with van der Waals surface area (Å²) in [5.41, 5.74) is 6.69. The number of nitrogens with one attached hydrogen (secondary N) is 1. The maximum absolute atomic E-state index is 12.5. The average molecular weight is 441 g/mol. The fraction of sp³-hybridized carbons (Fsp3) is 0.333. The van der Waals surface area contributed by atoms with E-state index < -0.39 is 41.2 Å². The topological polar surface area (TPSA) is 202 Å². The van der Waals surface area contributed by atoms with Gasteiger partial charge in [-0.15, -0.1) is 11.8 Å². The summed E-state index contributed by atoms with van der Waals surface area (Å²) in [6, 6.07) is 6.92. The normalized spacial score (nSPS) is 20.6. The van der Waals surface area contributed by atoms with E-state index >= 15 is 0 Å². The number of carboxylic acids is 1. The van der Waals surface area contributed by atoms with Gasteiger partial charge in [-0.05, 0) is 5.56 Å². The van der Waals surface area contributed by atoms with E-state index in [1.165, 1.54) is 18.7 Å². The Morgan fingerprint density at radius 3 is 2.50 bits per heavy atom. The number of carbonyl (C=O) groups excluding carboxylic acids is 3. The first-order chi connectivity index (χ1) is 13.3. The Morgan fingerprint density at radius 1 is 1.30 bits per heavy atom. The summed E-state index contributed by atoms with van der Waals surface area (Å²) in [7, 11) is 0. The average Bonchev–Trinajstić information content (AvgIpc) is 2.69. The van der Waals surface area contributed by atoms with Gasteiger partial charge in [0, 0.05) is 18.2 Å². The van der Waals surface area contributed by atoms with Gasteiger partial charge in [-0.1, -0.05) is 30.3 Å². The molecule has 2 heterocycles. The van der Waals surface area contributed by atoms with Gasteiger partial charge in [0.25, 0.3) is 5.91 Å². The van der Waals surface area contributed by atoms with Gasteiger partial charge in [-0.25, -0.2) is 4.79 Å². The Bertz CT molecular complexity index is 860. The quantitative estimate of drug-likeness (QED) is 0.343. The van der Waals surface area contributed by atoms with Crippen molar-refractivity contribution in [1.29, 1.82) is 0 Å². The van der Waals surface area contributed by atoms with Crippen LogP contribution in [0.15, 0.2) is 41.6 Å². The number of ether oxygens (including phenoxy) is 1. The Hall–Kier alpha value is -2.93. The second-order valence-electron chi connectivity index (χ2n) is 6.32. The third-order valence-corrected chi connectivity index (χ3v) is 5.78. The van der Waals surface area contributed by atoms with Gasteiger partial charge in [0.15, 0.2) is 0 Å². The van der Waals surface area contributed by atoms with Gasteiger partial charge < -0.3 is 31.8 Å². The van der Waals surface area contributed by atoms with Crippen LogP contribution in [-0.4, -0.2) is 68.5 Å². The summed E-state index contributed by atoms with van der Waals surface area (Å²) >= 11 is 1.29. The summed E-state index contributed by atoms with van der Waals surface area (Å²) in [5, 5.41) is 11.6. The van der Waals surface area contributed by atoms with E-state index in [2.05, 4.69) is 5.32 Å². The summed E-state index contributed by atoms with van der Waals surface area (Å²) in [6.07, 6.45) is 0. The number of rotatable bonds is 6. The molecule has 3 rings (SSSR count). The number of esters is 1. The van der Waals surface area contributed by atoms with Crippen molar-refractivity contribution in [2.45, 2.75) is 24.4 Å². The molecule has 2 unspecified atom stereocenters. The molecule has 11 nitrogen and oxygen atoms in total. The predicted octanol–water partition coefficient (Wildman–Crippen LogP) is -1.66. The van der Waals surface area contributed by atoms with Gasteiger partial charge in [-0.3, -0.25) is 19.3 Å². The molecule has 0 radical (unpaired) electrons. The number of nitrogens with two attached hydrogens (primary N) is 1. The number of nitrogens with zero attached hydrogens (tertiary/aromatic N) is 1. The highest BCUT2D eigenvalue weighted by molar-refractivity contribution is 8.00. The van der Waals surface area contributed by atoms with Crippen molar-refractivity contribution in [3.05, 3.63) is 47.2 Å². The predicted molar refractivity (Wildman–Crippen MR) is 107 cm³/mol. The van der Waals surface area contributed by atoms with Crippen LogP contribution in [0.25, 0.3) is 0 Å². The van der Waals surface area contributed by atoms with E-state index in [9.17, 15) is 24.3 Å². The number of aliphatic carboxylic acids is 1. The first kappa shape index (κ1) is 25.1. The van der Waals surface area contributed by atoms with Gasteiger partial charge in [0.2, 0.25) is 5.91 Å². The lowest BCUT2D eigenvalue weighted by molar-refractivity contribution is -0.151. The van der Waals surface area contributed by atoms with Gasteiger partial charge in [-0.2, -0.15) is 0 Å². The second-order valence-corrected chi connectivity index (χ2v) is 7.43. The zero-order chi connectivity index (χ0) is 20.4. The number of carbonyl (C=O) groups is 4. The number of thioether (sulfide) groups is 1. The lowest BCUT2D eigenvalue weighted by atomic mass is 10.0. The molecule has 2 aliphatic rings. The minimum absolute atomic E-state index is 0. The van der Waals surface area contributed by atoms with Crippen LogP contribution in [0.1, 0.15) is 18.5 Å². The molecule has 0 spiro atoms. The molecule has 8 N–H and O–H groups in total. The molecular formula is C18H23N3O8S. The molecule has 1 aromatic carbocycles. The molecule has 0 saturated carbocycles. The van der Waals surface area contributed by atoms with Crippen LogP contribution in [0.5, 0.6) is 0 Å². The van der Waals surface area contributed by atoms with Gasteiger partial charge in [0.05, 0.1) is 0 Å². The van der Waals surface area contributed by atoms with Crippen molar-refractivity contribution in [3.8, 4) is 0 Å². The van der Waals surface area contributed by atoms with Crippen LogP contribution in [-0.2, 0) is 23.9 Å². The van der Waals surface area contributed by atoms with E-state index in [0.717, 1.165) is 4.90 Å². The minimum Gasteiger partial charge on any atom is -0.477 e. The van der Waals surface area contributed by atoms with Crippen LogP contribution in [0.3, 0.4) is 0 Å². The molecule has 0 aliphatic carbocycles. The molecular weight excluding hydrogens is 418 g/mol. The fourth-order valence-corrected chi connectivity index (χ4v) is 4.37. The number of amides is 2. The number of carboxylic acid groups (broad SMARTS) is 1. The van der Waals surface area contributed by atoms with Crippen LogP contribution < -0.4 is 11.1 Å². The van der Waals surface area contributed by atoms with Crippen molar-refractivity contribution in [2.75, 3.05) is 12.4 Å². The standard InChI is InChI=1S/C18H19N3O6S.2H2O/c1-9(22)27-7-11-8-28-17-13(16(24)21(17)14(11)18(25)26)20-15(23)12(19)10-5-3-2-4-6-10;;/h2-6,12-13,17H,7-8,19H2,1H3,(H,20,23)(H,25,26);2*1H2/t12?,13?,17-;;/m0../s1. The van der Waals surface area contributed by atoms with E-state index in [-0.39, 0.29) is 29.0 Å². The molecule has 2 aliphatic heterocycles. The minimum atomic E-state index is -1.29. The molecule has 2 amide bonds.